The molecule has 1 rings (SSSR count). The van der Waals surface area contributed by atoms with Gasteiger partial charge in [-0.25, -0.2) is 4.99 Å². The number of nitrogens with zero attached hydrogens (tertiary/aromatic N) is 2. The van der Waals surface area contributed by atoms with Crippen LogP contribution in [0, 0.1) is 5.92 Å². The molecule has 2 unspecified atom stereocenters. The van der Waals surface area contributed by atoms with Gasteiger partial charge in [-0.15, -0.1) is 0 Å². The molecule has 25 heavy (non-hydrogen) atoms. The van der Waals surface area contributed by atoms with Gasteiger partial charge >= 0.3 is 0 Å². The number of rotatable bonds is 10. The molecule has 3 N–H and O–H groups in total. The van der Waals surface area contributed by atoms with Crippen LogP contribution in [0.5, 0.6) is 0 Å². The maximum absolute atomic E-state index is 10.7. The third kappa shape index (κ3) is 6.96. The van der Waals surface area contributed by atoms with Crippen LogP contribution in [0.1, 0.15) is 46.1 Å². The van der Waals surface area contributed by atoms with Crippen molar-refractivity contribution >= 4 is 17.3 Å². The minimum Gasteiger partial charge on any atom is -0.383 e. The van der Waals surface area contributed by atoms with E-state index in [0.717, 1.165) is 24.6 Å². The Hall–Kier alpha value is -1.11. The SMILES string of the molecule is CCNC(=NCC(C)(O)c1ccsc1)NCC(C(CC)CC)N(C)C. The molecule has 1 aromatic rings. The van der Waals surface area contributed by atoms with Crippen LogP contribution >= 0.6 is 11.3 Å². The van der Waals surface area contributed by atoms with Crippen molar-refractivity contribution < 1.29 is 5.11 Å². The Bertz CT molecular complexity index is 496. The summed E-state index contributed by atoms with van der Waals surface area (Å²) in [5, 5.41) is 21.4. The zero-order valence-electron chi connectivity index (χ0n) is 16.7. The molecule has 0 radical (unpaired) electrons. The Morgan fingerprint density at radius 1 is 1.28 bits per heavy atom. The van der Waals surface area contributed by atoms with Crippen LogP contribution < -0.4 is 10.6 Å². The molecule has 0 aromatic carbocycles. The molecule has 0 bridgehead atoms. The minimum atomic E-state index is -0.946. The summed E-state index contributed by atoms with van der Waals surface area (Å²) in [7, 11) is 4.27. The average molecular weight is 369 g/mol. The fraction of sp³-hybridized carbons (Fsp3) is 0.737. The van der Waals surface area contributed by atoms with E-state index in [1.807, 2.05) is 23.8 Å². The lowest BCUT2D eigenvalue weighted by Crippen LogP contribution is -2.48. The average Bonchev–Trinajstić information content (AvgIpc) is 3.11. The monoisotopic (exact) mass is 368 g/mol. The summed E-state index contributed by atoms with van der Waals surface area (Å²) in [6, 6.07) is 2.41. The third-order valence-electron chi connectivity index (χ3n) is 4.77. The molecule has 1 heterocycles. The molecule has 0 aliphatic carbocycles. The maximum Gasteiger partial charge on any atom is 0.191 e. The van der Waals surface area contributed by atoms with E-state index < -0.39 is 5.60 Å². The van der Waals surface area contributed by atoms with Crippen LogP contribution in [0.3, 0.4) is 0 Å². The van der Waals surface area contributed by atoms with Crippen LogP contribution in [0.25, 0.3) is 0 Å². The summed E-state index contributed by atoms with van der Waals surface area (Å²) in [5.41, 5.74) is -0.0288. The fourth-order valence-electron chi connectivity index (χ4n) is 3.04. The van der Waals surface area contributed by atoms with Gasteiger partial charge in [0.1, 0.15) is 5.60 Å². The molecule has 1 aromatic heterocycles. The molecule has 5 nitrogen and oxygen atoms in total. The van der Waals surface area contributed by atoms with E-state index in [2.05, 4.69) is 55.4 Å². The lowest BCUT2D eigenvalue weighted by molar-refractivity contribution is 0.0677. The van der Waals surface area contributed by atoms with E-state index in [0.29, 0.717) is 18.5 Å². The smallest absolute Gasteiger partial charge is 0.191 e. The van der Waals surface area contributed by atoms with Crippen LogP contribution in [0.4, 0.5) is 0 Å². The zero-order valence-corrected chi connectivity index (χ0v) is 17.5. The van der Waals surface area contributed by atoms with E-state index in [9.17, 15) is 5.11 Å². The van der Waals surface area contributed by atoms with Crippen molar-refractivity contribution in [3.63, 3.8) is 0 Å². The van der Waals surface area contributed by atoms with E-state index in [4.69, 9.17) is 0 Å². The maximum atomic E-state index is 10.7. The molecule has 0 saturated carbocycles. The first-order valence-corrected chi connectivity index (χ1v) is 10.2. The molecular weight excluding hydrogens is 332 g/mol. The summed E-state index contributed by atoms with van der Waals surface area (Å²) in [6.07, 6.45) is 2.34. The van der Waals surface area contributed by atoms with Gasteiger partial charge in [0.05, 0.1) is 6.54 Å². The molecule has 144 valence electrons. The Morgan fingerprint density at radius 3 is 2.44 bits per heavy atom. The minimum absolute atomic E-state index is 0.330. The van der Waals surface area contributed by atoms with Crippen molar-refractivity contribution in [2.75, 3.05) is 33.7 Å². The first-order valence-electron chi connectivity index (χ1n) is 9.29. The Balaban J connectivity index is 2.75. The summed E-state index contributed by atoms with van der Waals surface area (Å²) < 4.78 is 0. The quantitative estimate of drug-likeness (QED) is 0.439. The number of guanidine groups is 1. The number of nitrogens with one attached hydrogen (secondary N) is 2. The molecule has 6 heteroatoms. The van der Waals surface area contributed by atoms with Gasteiger partial charge < -0.3 is 20.6 Å². The molecule has 2 atom stereocenters. The molecule has 0 aliphatic heterocycles. The van der Waals surface area contributed by atoms with Crippen molar-refractivity contribution in [1.29, 1.82) is 0 Å². The van der Waals surface area contributed by atoms with Gasteiger partial charge in [-0.05, 0) is 56.3 Å². The number of aliphatic imine (C=N–C) groups is 1. The topological polar surface area (TPSA) is 59.9 Å². The summed E-state index contributed by atoms with van der Waals surface area (Å²) in [6.45, 7) is 10.3. The predicted octanol–water partition coefficient (Wildman–Crippen LogP) is 2.88. The first-order chi connectivity index (χ1) is 11.9. The van der Waals surface area contributed by atoms with Crippen molar-refractivity contribution in [2.45, 2.75) is 52.2 Å². The lowest BCUT2D eigenvalue weighted by Gasteiger charge is -2.32. The Kier molecular flexibility index (Phi) is 9.46. The van der Waals surface area contributed by atoms with E-state index in [1.54, 1.807) is 11.3 Å². The van der Waals surface area contributed by atoms with E-state index in [1.165, 1.54) is 12.8 Å². The summed E-state index contributed by atoms with van der Waals surface area (Å²) in [4.78, 5) is 6.90. The van der Waals surface area contributed by atoms with Crippen molar-refractivity contribution in [3.05, 3.63) is 22.4 Å². The fourth-order valence-corrected chi connectivity index (χ4v) is 3.82. The molecule has 0 amide bonds. The van der Waals surface area contributed by atoms with E-state index in [-0.39, 0.29) is 0 Å². The summed E-state index contributed by atoms with van der Waals surface area (Å²) >= 11 is 1.59. The predicted molar refractivity (Wildman–Crippen MR) is 109 cm³/mol. The normalized spacial score (nSPS) is 16.1. The zero-order chi connectivity index (χ0) is 18.9. The van der Waals surface area contributed by atoms with Crippen molar-refractivity contribution in [2.24, 2.45) is 10.9 Å². The van der Waals surface area contributed by atoms with Crippen LogP contribution in [-0.4, -0.2) is 55.7 Å². The number of hydrogen-bond acceptors (Lipinski definition) is 4. The van der Waals surface area contributed by atoms with E-state index >= 15 is 0 Å². The standard InChI is InChI=1S/C19H36N4OS/c1-7-15(8-2)17(23(5)6)12-21-18(20-9-3)22-14-19(4,24)16-10-11-25-13-16/h10-11,13,15,17,24H,7-9,12,14H2,1-6H3,(H2,20,21,22). The number of hydrogen-bond donors (Lipinski definition) is 3. The van der Waals surface area contributed by atoms with Crippen molar-refractivity contribution in [3.8, 4) is 0 Å². The molecule has 0 fully saturated rings. The van der Waals surface area contributed by atoms with Crippen molar-refractivity contribution in [1.82, 2.24) is 15.5 Å². The van der Waals surface area contributed by atoms with Gasteiger partial charge in [-0.3, -0.25) is 0 Å². The first kappa shape index (κ1) is 21.9. The second kappa shape index (κ2) is 10.8. The molecular formula is C19H36N4OS. The van der Waals surface area contributed by atoms with Crippen LogP contribution in [0.2, 0.25) is 0 Å². The van der Waals surface area contributed by atoms with Gasteiger partial charge in [0.2, 0.25) is 0 Å². The number of thiophene rings is 1. The second-order valence-corrected chi connectivity index (χ2v) is 7.75. The lowest BCUT2D eigenvalue weighted by atomic mass is 9.93. The number of aliphatic hydroxyl groups is 1. The highest BCUT2D eigenvalue weighted by molar-refractivity contribution is 7.08. The van der Waals surface area contributed by atoms with Gasteiger partial charge in [-0.2, -0.15) is 11.3 Å². The highest BCUT2D eigenvalue weighted by atomic mass is 32.1. The number of likely N-dealkylation sites (N-methyl/N-ethyl adjacent to an activating group) is 1. The van der Waals surface area contributed by atoms with Gasteiger partial charge in [0.25, 0.3) is 0 Å². The molecule has 0 aliphatic rings. The third-order valence-corrected chi connectivity index (χ3v) is 5.45. The molecule has 0 saturated heterocycles. The molecule has 0 spiro atoms. The highest BCUT2D eigenvalue weighted by Crippen LogP contribution is 2.23. The Labute approximate surface area is 157 Å². The second-order valence-electron chi connectivity index (χ2n) is 6.97. The van der Waals surface area contributed by atoms with Gasteiger partial charge in [0.15, 0.2) is 5.96 Å². The largest absolute Gasteiger partial charge is 0.383 e. The van der Waals surface area contributed by atoms with Crippen LogP contribution in [0.15, 0.2) is 21.8 Å². The van der Waals surface area contributed by atoms with Gasteiger partial charge in [0, 0.05) is 19.1 Å². The van der Waals surface area contributed by atoms with Crippen LogP contribution in [-0.2, 0) is 5.60 Å². The summed E-state index contributed by atoms with van der Waals surface area (Å²) in [5.74, 6) is 1.41. The van der Waals surface area contributed by atoms with Gasteiger partial charge in [-0.1, -0.05) is 26.7 Å². The Morgan fingerprint density at radius 2 is 1.96 bits per heavy atom. The highest BCUT2D eigenvalue weighted by Gasteiger charge is 2.24.